The number of nitrogens with zero attached hydrogens (tertiary/aromatic N) is 1. The van der Waals surface area contributed by atoms with E-state index >= 15 is 0 Å². The van der Waals surface area contributed by atoms with Crippen LogP contribution in [0.2, 0.25) is 0 Å². The zero-order valence-electron chi connectivity index (χ0n) is 12.9. The highest BCUT2D eigenvalue weighted by Crippen LogP contribution is 2.42. The Hall–Kier alpha value is -2.41. The van der Waals surface area contributed by atoms with Gasteiger partial charge in [0.15, 0.2) is 0 Å². The first-order chi connectivity index (χ1) is 10.7. The van der Waals surface area contributed by atoms with Gasteiger partial charge in [-0.15, -0.1) is 0 Å². The minimum Gasteiger partial charge on any atom is -0.256 e. The number of hydrogen-bond acceptors (Lipinski definition) is 1. The summed E-state index contributed by atoms with van der Waals surface area (Å²) < 4.78 is 0. The molecule has 0 unspecified atom stereocenters. The van der Waals surface area contributed by atoms with Gasteiger partial charge in [-0.1, -0.05) is 50.3 Å². The quantitative estimate of drug-likeness (QED) is 0.410. The van der Waals surface area contributed by atoms with E-state index in [1.165, 1.54) is 43.6 Å². The lowest BCUT2D eigenvalue weighted by Crippen LogP contribution is -2.02. The molecule has 0 saturated carbocycles. The molecule has 1 heteroatoms. The highest BCUT2D eigenvalue weighted by Gasteiger charge is 2.20. The molecule has 1 aromatic heterocycles. The van der Waals surface area contributed by atoms with Crippen molar-refractivity contribution < 1.29 is 0 Å². The molecule has 1 aliphatic rings. The molecule has 4 aromatic rings. The van der Waals surface area contributed by atoms with Gasteiger partial charge in [0.2, 0.25) is 0 Å². The Bertz CT molecular complexity index is 1070. The van der Waals surface area contributed by atoms with Crippen LogP contribution in [0.25, 0.3) is 38.5 Å². The molecular weight excluding hydrogens is 266 g/mol. The van der Waals surface area contributed by atoms with Crippen LogP contribution in [-0.2, 0) is 6.42 Å². The standard InChI is InChI=1S/C21H17N/c1-12(2)17-10-18-21-19-13(5-3-7-15(19)11-22-18)9-14-6-4-8-16(17)20(14)21/h3-5,7-12H,6H2,1-2H3. The second-order valence-corrected chi connectivity index (χ2v) is 6.65. The van der Waals surface area contributed by atoms with Crippen molar-refractivity contribution in [3.8, 4) is 0 Å². The average molecular weight is 283 g/mol. The molecule has 0 spiro atoms. The molecule has 22 heavy (non-hydrogen) atoms. The van der Waals surface area contributed by atoms with Gasteiger partial charge in [0.05, 0.1) is 5.52 Å². The second-order valence-electron chi connectivity index (χ2n) is 6.65. The molecule has 0 atom stereocenters. The largest absolute Gasteiger partial charge is 0.256 e. The zero-order valence-corrected chi connectivity index (χ0v) is 12.9. The van der Waals surface area contributed by atoms with E-state index in [9.17, 15) is 0 Å². The highest BCUT2D eigenvalue weighted by molar-refractivity contribution is 6.24. The van der Waals surface area contributed by atoms with Crippen LogP contribution < -0.4 is 0 Å². The molecule has 0 aliphatic heterocycles. The predicted octanol–water partition coefficient (Wildman–Crippen LogP) is 5.67. The van der Waals surface area contributed by atoms with Crippen LogP contribution in [0.3, 0.4) is 0 Å². The van der Waals surface area contributed by atoms with Crippen molar-refractivity contribution in [1.82, 2.24) is 4.98 Å². The summed E-state index contributed by atoms with van der Waals surface area (Å²) in [5.41, 5.74) is 5.40. The van der Waals surface area contributed by atoms with Gasteiger partial charge in [-0.25, -0.2) is 0 Å². The molecule has 0 amide bonds. The molecule has 0 radical (unpaired) electrons. The molecule has 1 aliphatic carbocycles. The first kappa shape index (κ1) is 12.2. The summed E-state index contributed by atoms with van der Waals surface area (Å²) in [5.74, 6) is 0.509. The smallest absolute Gasteiger partial charge is 0.0718 e. The van der Waals surface area contributed by atoms with E-state index in [1.807, 2.05) is 6.20 Å². The Morgan fingerprint density at radius 2 is 1.86 bits per heavy atom. The van der Waals surface area contributed by atoms with Gasteiger partial charge < -0.3 is 0 Å². The van der Waals surface area contributed by atoms with Gasteiger partial charge in [-0.05, 0) is 45.9 Å². The Balaban J connectivity index is 2.15. The molecular formula is C21H17N. The van der Waals surface area contributed by atoms with Crippen LogP contribution in [0.4, 0.5) is 0 Å². The van der Waals surface area contributed by atoms with Gasteiger partial charge in [-0.2, -0.15) is 0 Å². The van der Waals surface area contributed by atoms with E-state index in [0.717, 1.165) is 11.9 Å². The maximum atomic E-state index is 4.77. The van der Waals surface area contributed by atoms with Crippen molar-refractivity contribution in [3.05, 3.63) is 59.3 Å². The monoisotopic (exact) mass is 283 g/mol. The maximum absolute atomic E-state index is 4.77. The summed E-state index contributed by atoms with van der Waals surface area (Å²) in [6.07, 6.45) is 7.66. The third-order valence-corrected chi connectivity index (χ3v) is 5.00. The maximum Gasteiger partial charge on any atom is 0.0718 e. The lowest BCUT2D eigenvalue weighted by Gasteiger charge is -2.22. The number of hydrogen-bond donors (Lipinski definition) is 0. The number of rotatable bonds is 1. The van der Waals surface area contributed by atoms with Crippen molar-refractivity contribution in [3.63, 3.8) is 0 Å². The van der Waals surface area contributed by atoms with Crippen molar-refractivity contribution in [2.75, 3.05) is 0 Å². The minimum absolute atomic E-state index is 0.509. The molecule has 3 aromatic carbocycles. The van der Waals surface area contributed by atoms with E-state index in [4.69, 9.17) is 4.98 Å². The third kappa shape index (κ3) is 1.41. The first-order valence-electron chi connectivity index (χ1n) is 8.00. The zero-order chi connectivity index (χ0) is 14.8. The van der Waals surface area contributed by atoms with Crippen LogP contribution in [-0.4, -0.2) is 4.98 Å². The Labute approximate surface area is 129 Å². The fourth-order valence-corrected chi connectivity index (χ4v) is 4.02. The number of pyridine rings is 1. The van der Waals surface area contributed by atoms with Crippen LogP contribution >= 0.6 is 0 Å². The fourth-order valence-electron chi connectivity index (χ4n) is 4.02. The van der Waals surface area contributed by atoms with Crippen LogP contribution in [0, 0.1) is 0 Å². The SMILES string of the molecule is CC(C)c1cc2ncc3cccc4cc5c(c1C=CC5)c2c34. The third-order valence-electron chi connectivity index (χ3n) is 5.00. The second kappa shape index (κ2) is 4.07. The van der Waals surface area contributed by atoms with Crippen LogP contribution in [0.1, 0.15) is 36.5 Å². The molecule has 1 heterocycles. The number of allylic oxidation sites excluding steroid dienone is 1. The summed E-state index contributed by atoms with van der Waals surface area (Å²) in [4.78, 5) is 4.77. The van der Waals surface area contributed by atoms with E-state index in [1.54, 1.807) is 0 Å². The van der Waals surface area contributed by atoms with Crippen molar-refractivity contribution in [1.29, 1.82) is 0 Å². The van der Waals surface area contributed by atoms with Crippen LogP contribution in [0.5, 0.6) is 0 Å². The van der Waals surface area contributed by atoms with Gasteiger partial charge >= 0.3 is 0 Å². The fraction of sp³-hybridized carbons (Fsp3) is 0.190. The lowest BCUT2D eigenvalue weighted by molar-refractivity contribution is 0.866. The van der Waals surface area contributed by atoms with E-state index in [-0.39, 0.29) is 0 Å². The summed E-state index contributed by atoms with van der Waals surface area (Å²) in [6, 6.07) is 11.2. The van der Waals surface area contributed by atoms with Crippen LogP contribution in [0.15, 0.2) is 42.6 Å². The summed E-state index contributed by atoms with van der Waals surface area (Å²) in [5, 5.41) is 6.74. The Kier molecular flexibility index (Phi) is 2.25. The van der Waals surface area contributed by atoms with E-state index in [0.29, 0.717) is 5.92 Å². The average Bonchev–Trinajstić information content (AvgIpc) is 2.54. The molecule has 0 N–H and O–H groups in total. The number of benzene rings is 3. The van der Waals surface area contributed by atoms with Gasteiger partial charge in [-0.3, -0.25) is 4.98 Å². The highest BCUT2D eigenvalue weighted by atomic mass is 14.7. The summed E-state index contributed by atoms with van der Waals surface area (Å²) in [6.45, 7) is 4.54. The van der Waals surface area contributed by atoms with Gasteiger partial charge in [0.25, 0.3) is 0 Å². The first-order valence-corrected chi connectivity index (χ1v) is 8.00. The Morgan fingerprint density at radius 1 is 1.00 bits per heavy atom. The van der Waals surface area contributed by atoms with Gasteiger partial charge in [0.1, 0.15) is 0 Å². The van der Waals surface area contributed by atoms with Crippen molar-refractivity contribution in [2.24, 2.45) is 0 Å². The summed E-state index contributed by atoms with van der Waals surface area (Å²) in [7, 11) is 0. The van der Waals surface area contributed by atoms with Crippen molar-refractivity contribution >= 4 is 38.5 Å². The van der Waals surface area contributed by atoms with E-state index in [2.05, 4.69) is 56.3 Å². The lowest BCUT2D eigenvalue weighted by atomic mass is 9.83. The topological polar surface area (TPSA) is 12.9 Å². The Morgan fingerprint density at radius 3 is 2.73 bits per heavy atom. The molecule has 0 bridgehead atoms. The van der Waals surface area contributed by atoms with Crippen molar-refractivity contribution in [2.45, 2.75) is 26.2 Å². The molecule has 5 rings (SSSR count). The molecule has 0 fully saturated rings. The van der Waals surface area contributed by atoms with Gasteiger partial charge in [0, 0.05) is 22.4 Å². The van der Waals surface area contributed by atoms with E-state index < -0.39 is 0 Å². The molecule has 106 valence electrons. The molecule has 0 saturated heterocycles. The minimum atomic E-state index is 0.509. The molecule has 1 nitrogen and oxygen atoms in total. The normalized spacial score (nSPS) is 14.0. The summed E-state index contributed by atoms with van der Waals surface area (Å²) >= 11 is 0. The predicted molar refractivity (Wildman–Crippen MR) is 94.8 cm³/mol. The number of aromatic nitrogens is 1.